The molecule has 0 saturated heterocycles. The Morgan fingerprint density at radius 2 is 2.19 bits per heavy atom. The Labute approximate surface area is 89.9 Å². The third-order valence-electron chi connectivity index (χ3n) is 1.51. The predicted octanol–water partition coefficient (Wildman–Crippen LogP) is 1.29. The summed E-state index contributed by atoms with van der Waals surface area (Å²) in [6.07, 6.45) is 1.16. The Bertz CT molecular complexity index is 396. The molecule has 0 aliphatic carbocycles. The van der Waals surface area contributed by atoms with Crippen molar-refractivity contribution in [2.24, 2.45) is 10.8 Å². The monoisotopic (exact) mass is 229 g/mol. The highest BCUT2D eigenvalue weighted by Crippen LogP contribution is 2.18. The Kier molecular flexibility index (Phi) is 4.19. The number of nitrogens with one attached hydrogen (secondary N) is 1. The second kappa shape index (κ2) is 5.64. The molecule has 0 saturated carbocycles. The molecule has 0 radical (unpaired) electrons. The fourth-order valence-corrected chi connectivity index (χ4v) is 0.956. The predicted molar refractivity (Wildman–Crippen MR) is 53.4 cm³/mol. The largest absolute Gasteiger partial charge is 0.434 e. The summed E-state index contributed by atoms with van der Waals surface area (Å²) in [6, 6.07) is 5.17. The molecule has 0 unspecified atom stereocenters. The van der Waals surface area contributed by atoms with E-state index < -0.39 is 12.6 Å². The van der Waals surface area contributed by atoms with Gasteiger partial charge >= 0.3 is 12.6 Å². The molecule has 0 aliphatic rings. The number of rotatable bonds is 4. The van der Waals surface area contributed by atoms with Crippen LogP contribution in [-0.2, 0) is 0 Å². The van der Waals surface area contributed by atoms with Crippen LogP contribution in [-0.4, -0.2) is 18.9 Å². The number of benzene rings is 1. The summed E-state index contributed by atoms with van der Waals surface area (Å²) in [4.78, 5) is 10.3. The first-order chi connectivity index (χ1) is 7.59. The summed E-state index contributed by atoms with van der Waals surface area (Å²) in [5.74, 6) is -0.0347. The number of ether oxygens (including phenoxy) is 1. The highest BCUT2D eigenvalue weighted by atomic mass is 19.3. The van der Waals surface area contributed by atoms with Crippen LogP contribution in [0.3, 0.4) is 0 Å². The molecule has 0 heterocycles. The van der Waals surface area contributed by atoms with Crippen LogP contribution >= 0.6 is 0 Å². The van der Waals surface area contributed by atoms with Crippen molar-refractivity contribution in [2.75, 3.05) is 0 Å². The first kappa shape index (κ1) is 11.9. The minimum Gasteiger partial charge on any atom is -0.434 e. The first-order valence-corrected chi connectivity index (χ1v) is 4.22. The van der Waals surface area contributed by atoms with Gasteiger partial charge in [0.05, 0.1) is 6.21 Å². The molecule has 0 spiro atoms. The van der Waals surface area contributed by atoms with Crippen molar-refractivity contribution in [3.63, 3.8) is 0 Å². The Morgan fingerprint density at radius 3 is 2.81 bits per heavy atom. The second-order valence-electron chi connectivity index (χ2n) is 2.65. The van der Waals surface area contributed by atoms with E-state index in [-0.39, 0.29) is 5.75 Å². The summed E-state index contributed by atoms with van der Waals surface area (Å²) >= 11 is 0. The fraction of sp³-hybridized carbons (Fsp3) is 0.111. The number of carbonyl (C=O) groups excluding carboxylic acids is 1. The van der Waals surface area contributed by atoms with E-state index in [1.165, 1.54) is 18.2 Å². The lowest BCUT2D eigenvalue weighted by Crippen LogP contribution is -2.24. The molecule has 1 aromatic rings. The van der Waals surface area contributed by atoms with Crippen LogP contribution in [0.1, 0.15) is 5.56 Å². The van der Waals surface area contributed by atoms with E-state index in [4.69, 9.17) is 5.73 Å². The van der Waals surface area contributed by atoms with Crippen LogP contribution in [0.2, 0.25) is 0 Å². The highest BCUT2D eigenvalue weighted by molar-refractivity contribution is 5.84. The van der Waals surface area contributed by atoms with Gasteiger partial charge in [-0.25, -0.2) is 10.2 Å². The lowest BCUT2D eigenvalue weighted by molar-refractivity contribution is -0.0499. The molecule has 0 aromatic heterocycles. The Morgan fingerprint density at radius 1 is 1.50 bits per heavy atom. The Hall–Kier alpha value is -2.18. The van der Waals surface area contributed by atoms with Gasteiger partial charge < -0.3 is 10.5 Å². The van der Waals surface area contributed by atoms with Crippen LogP contribution in [0.5, 0.6) is 5.75 Å². The Balaban J connectivity index is 2.78. The molecular formula is C9H9F2N3O2. The lowest BCUT2D eigenvalue weighted by Gasteiger charge is -2.06. The van der Waals surface area contributed by atoms with Crippen molar-refractivity contribution < 1.29 is 18.3 Å². The van der Waals surface area contributed by atoms with Crippen LogP contribution in [0.25, 0.3) is 0 Å². The zero-order valence-electron chi connectivity index (χ0n) is 8.06. The number of nitrogens with two attached hydrogens (primary N) is 1. The molecule has 7 heteroatoms. The van der Waals surface area contributed by atoms with Gasteiger partial charge in [-0.15, -0.1) is 0 Å². The number of hydrogen-bond acceptors (Lipinski definition) is 3. The van der Waals surface area contributed by atoms with Crippen molar-refractivity contribution in [1.29, 1.82) is 0 Å². The van der Waals surface area contributed by atoms with Gasteiger partial charge in [0.2, 0.25) is 0 Å². The lowest BCUT2D eigenvalue weighted by atomic mass is 10.2. The van der Waals surface area contributed by atoms with Crippen LogP contribution < -0.4 is 15.9 Å². The summed E-state index contributed by atoms with van der Waals surface area (Å²) in [5.41, 5.74) is 7.00. The van der Waals surface area contributed by atoms with Crippen LogP contribution in [0.4, 0.5) is 13.6 Å². The van der Waals surface area contributed by atoms with E-state index in [2.05, 4.69) is 9.84 Å². The summed E-state index contributed by atoms with van der Waals surface area (Å²) in [7, 11) is 0. The number of halogens is 2. The SMILES string of the molecule is NC(=O)N/N=C\c1ccccc1OC(F)F. The third-order valence-corrected chi connectivity index (χ3v) is 1.51. The third kappa shape index (κ3) is 3.91. The molecule has 0 fully saturated rings. The zero-order chi connectivity index (χ0) is 12.0. The van der Waals surface area contributed by atoms with Gasteiger partial charge in [-0.2, -0.15) is 13.9 Å². The van der Waals surface area contributed by atoms with E-state index in [1.54, 1.807) is 6.07 Å². The highest BCUT2D eigenvalue weighted by Gasteiger charge is 2.07. The van der Waals surface area contributed by atoms with Gasteiger partial charge in [-0.05, 0) is 12.1 Å². The van der Waals surface area contributed by atoms with Gasteiger partial charge in [-0.1, -0.05) is 12.1 Å². The zero-order valence-corrected chi connectivity index (χ0v) is 8.06. The molecule has 3 N–H and O–H groups in total. The maximum absolute atomic E-state index is 12.0. The van der Waals surface area contributed by atoms with E-state index in [1.807, 2.05) is 5.43 Å². The van der Waals surface area contributed by atoms with Crippen molar-refractivity contribution in [2.45, 2.75) is 6.61 Å². The maximum atomic E-state index is 12.0. The van der Waals surface area contributed by atoms with Crippen molar-refractivity contribution in [1.82, 2.24) is 5.43 Å². The number of para-hydroxylation sites is 1. The van der Waals surface area contributed by atoms with Crippen molar-refractivity contribution in [3.05, 3.63) is 29.8 Å². The minimum absolute atomic E-state index is 0.0347. The summed E-state index contributed by atoms with van der Waals surface area (Å²) in [6.45, 7) is -2.92. The summed E-state index contributed by atoms with van der Waals surface area (Å²) in [5, 5.41) is 3.43. The molecule has 2 amide bonds. The number of alkyl halides is 2. The first-order valence-electron chi connectivity index (χ1n) is 4.22. The van der Waals surface area contributed by atoms with Gasteiger partial charge in [0, 0.05) is 5.56 Å². The number of nitrogens with zero attached hydrogens (tertiary/aromatic N) is 1. The van der Waals surface area contributed by atoms with Crippen molar-refractivity contribution >= 4 is 12.2 Å². The van der Waals surface area contributed by atoms with Gasteiger partial charge in [0.25, 0.3) is 0 Å². The van der Waals surface area contributed by atoms with Crippen LogP contribution in [0.15, 0.2) is 29.4 Å². The van der Waals surface area contributed by atoms with Gasteiger partial charge in [0.1, 0.15) is 5.75 Å². The molecular weight excluding hydrogens is 220 g/mol. The molecule has 16 heavy (non-hydrogen) atoms. The number of urea groups is 1. The number of hydrazone groups is 1. The second-order valence-corrected chi connectivity index (χ2v) is 2.65. The minimum atomic E-state index is -2.92. The molecule has 5 nitrogen and oxygen atoms in total. The quantitative estimate of drug-likeness (QED) is 0.602. The van der Waals surface area contributed by atoms with E-state index in [0.717, 1.165) is 6.21 Å². The standard InChI is InChI=1S/C9H9F2N3O2/c10-8(11)16-7-4-2-1-3-6(7)5-13-14-9(12)15/h1-5,8H,(H3,12,14,15)/b13-5-. The molecule has 1 rings (SSSR count). The van der Waals surface area contributed by atoms with E-state index in [9.17, 15) is 13.6 Å². The number of carbonyl (C=O) groups is 1. The summed E-state index contributed by atoms with van der Waals surface area (Å²) < 4.78 is 28.2. The topological polar surface area (TPSA) is 76.7 Å². The molecule has 0 atom stereocenters. The van der Waals surface area contributed by atoms with Crippen LogP contribution in [0, 0.1) is 0 Å². The normalized spacial score (nSPS) is 10.7. The maximum Gasteiger partial charge on any atom is 0.387 e. The van der Waals surface area contributed by atoms with Crippen molar-refractivity contribution in [3.8, 4) is 5.75 Å². The number of primary amides is 1. The number of hydrogen-bond donors (Lipinski definition) is 2. The number of amides is 2. The van der Waals surface area contributed by atoms with E-state index >= 15 is 0 Å². The van der Waals surface area contributed by atoms with Gasteiger partial charge in [-0.3, -0.25) is 0 Å². The molecule has 86 valence electrons. The fourth-order valence-electron chi connectivity index (χ4n) is 0.956. The smallest absolute Gasteiger partial charge is 0.387 e. The average molecular weight is 229 g/mol. The molecule has 1 aromatic carbocycles. The molecule has 0 aliphatic heterocycles. The van der Waals surface area contributed by atoms with E-state index in [0.29, 0.717) is 5.56 Å². The van der Waals surface area contributed by atoms with Gasteiger partial charge in [0.15, 0.2) is 0 Å². The average Bonchev–Trinajstić information content (AvgIpc) is 2.19. The molecule has 0 bridgehead atoms.